The summed E-state index contributed by atoms with van der Waals surface area (Å²) in [6, 6.07) is 2.58. The van der Waals surface area contributed by atoms with Crippen LogP contribution in [0, 0.1) is 5.82 Å². The molecule has 0 aromatic heterocycles. The number of morpholine rings is 1. The highest BCUT2D eigenvalue weighted by molar-refractivity contribution is 9.10. The van der Waals surface area contributed by atoms with Crippen LogP contribution < -0.4 is 10.5 Å². The number of nitrogen functional groups attached to an aromatic ring is 1. The van der Waals surface area contributed by atoms with Crippen molar-refractivity contribution < 1.29 is 18.7 Å². The largest absolute Gasteiger partial charge is 0.479 e. The van der Waals surface area contributed by atoms with E-state index in [2.05, 4.69) is 15.9 Å². The highest BCUT2D eigenvalue weighted by Gasteiger charge is 2.24. The molecule has 0 radical (unpaired) electrons. The van der Waals surface area contributed by atoms with Gasteiger partial charge in [0.2, 0.25) is 0 Å². The number of hydrogen-bond acceptors (Lipinski definition) is 4. The van der Waals surface area contributed by atoms with Crippen LogP contribution in [0.25, 0.3) is 0 Å². The Morgan fingerprint density at radius 3 is 2.80 bits per heavy atom. The number of halogens is 2. The third-order valence-electron chi connectivity index (χ3n) is 3.03. The summed E-state index contributed by atoms with van der Waals surface area (Å²) in [4.78, 5) is 13.8. The topological polar surface area (TPSA) is 64.8 Å². The molecule has 1 fully saturated rings. The van der Waals surface area contributed by atoms with Crippen LogP contribution in [0.4, 0.5) is 10.1 Å². The van der Waals surface area contributed by atoms with Gasteiger partial charge in [0.25, 0.3) is 5.91 Å². The van der Waals surface area contributed by atoms with Gasteiger partial charge in [-0.25, -0.2) is 4.39 Å². The van der Waals surface area contributed by atoms with Crippen LogP contribution in [0.15, 0.2) is 16.6 Å². The lowest BCUT2D eigenvalue weighted by Crippen LogP contribution is -2.46. The lowest BCUT2D eigenvalue weighted by Gasteiger charge is -2.29. The van der Waals surface area contributed by atoms with E-state index in [0.29, 0.717) is 26.3 Å². The van der Waals surface area contributed by atoms with Gasteiger partial charge in [-0.15, -0.1) is 0 Å². The molecule has 7 heteroatoms. The van der Waals surface area contributed by atoms with Gasteiger partial charge in [0.1, 0.15) is 11.6 Å². The van der Waals surface area contributed by atoms with Crippen LogP contribution in [0.1, 0.15) is 6.92 Å². The van der Waals surface area contributed by atoms with Crippen molar-refractivity contribution >= 4 is 27.5 Å². The van der Waals surface area contributed by atoms with E-state index in [1.165, 1.54) is 12.1 Å². The maximum absolute atomic E-state index is 13.5. The third kappa shape index (κ3) is 3.40. The number of nitrogens with zero attached hydrogens (tertiary/aromatic N) is 1. The predicted octanol–water partition coefficient (Wildman–Crippen LogP) is 1.80. The van der Waals surface area contributed by atoms with E-state index in [-0.39, 0.29) is 21.8 Å². The first-order valence-corrected chi connectivity index (χ1v) is 7.06. The van der Waals surface area contributed by atoms with Crippen LogP contribution in [-0.2, 0) is 9.53 Å². The molecule has 2 N–H and O–H groups in total. The van der Waals surface area contributed by atoms with E-state index in [0.717, 1.165) is 0 Å². The lowest BCUT2D eigenvalue weighted by molar-refractivity contribution is -0.142. The van der Waals surface area contributed by atoms with Crippen LogP contribution in [0.3, 0.4) is 0 Å². The highest BCUT2D eigenvalue weighted by atomic mass is 79.9. The first-order valence-electron chi connectivity index (χ1n) is 6.26. The number of carbonyl (C=O) groups excluding carboxylic acids is 1. The number of nitrogens with two attached hydrogens (primary N) is 1. The zero-order chi connectivity index (χ0) is 14.7. The van der Waals surface area contributed by atoms with Crippen molar-refractivity contribution in [3.63, 3.8) is 0 Å². The van der Waals surface area contributed by atoms with Crippen molar-refractivity contribution in [2.75, 3.05) is 32.0 Å². The molecule has 1 amide bonds. The van der Waals surface area contributed by atoms with Crippen LogP contribution in [0.2, 0.25) is 0 Å². The Labute approximate surface area is 125 Å². The van der Waals surface area contributed by atoms with Crippen LogP contribution in [-0.4, -0.2) is 43.2 Å². The second-order valence-corrected chi connectivity index (χ2v) is 5.36. The normalized spacial score (nSPS) is 16.9. The molecule has 0 bridgehead atoms. The van der Waals surface area contributed by atoms with E-state index in [1.54, 1.807) is 11.8 Å². The molecule has 1 saturated heterocycles. The molecule has 110 valence electrons. The standard InChI is InChI=1S/C13H16BrFN2O3/c1-8(13(18)17-2-4-19-5-3-17)20-12-7-10(15)9(14)6-11(12)16/h6-8H,2-5,16H2,1H3. The van der Waals surface area contributed by atoms with Gasteiger partial charge in [-0.2, -0.15) is 0 Å². The minimum atomic E-state index is -0.726. The number of ether oxygens (including phenoxy) is 2. The van der Waals surface area contributed by atoms with Crippen molar-refractivity contribution in [2.24, 2.45) is 0 Å². The quantitative estimate of drug-likeness (QED) is 0.847. The van der Waals surface area contributed by atoms with E-state index in [1.807, 2.05) is 0 Å². The number of anilines is 1. The fraction of sp³-hybridized carbons (Fsp3) is 0.462. The number of amides is 1. The second-order valence-electron chi connectivity index (χ2n) is 4.50. The van der Waals surface area contributed by atoms with Gasteiger partial charge in [0.15, 0.2) is 6.10 Å². The summed E-state index contributed by atoms with van der Waals surface area (Å²) in [5.41, 5.74) is 6.03. The van der Waals surface area contributed by atoms with Gasteiger partial charge >= 0.3 is 0 Å². The van der Waals surface area contributed by atoms with Gasteiger partial charge in [-0.3, -0.25) is 4.79 Å². The number of hydrogen-bond donors (Lipinski definition) is 1. The smallest absolute Gasteiger partial charge is 0.263 e. The Bertz CT molecular complexity index is 507. The fourth-order valence-corrected chi connectivity index (χ4v) is 2.29. The fourth-order valence-electron chi connectivity index (χ4n) is 1.93. The van der Waals surface area contributed by atoms with Gasteiger partial charge in [-0.05, 0) is 28.9 Å². The summed E-state index contributed by atoms with van der Waals surface area (Å²) in [5.74, 6) is -0.476. The summed E-state index contributed by atoms with van der Waals surface area (Å²) in [6.07, 6.45) is -0.726. The number of benzene rings is 1. The van der Waals surface area contributed by atoms with E-state index in [9.17, 15) is 9.18 Å². The molecule has 20 heavy (non-hydrogen) atoms. The minimum Gasteiger partial charge on any atom is -0.479 e. The van der Waals surface area contributed by atoms with Crippen molar-refractivity contribution in [1.29, 1.82) is 0 Å². The van der Waals surface area contributed by atoms with Gasteiger partial charge in [-0.1, -0.05) is 0 Å². The average Bonchev–Trinajstić information content (AvgIpc) is 2.44. The Kier molecular flexibility index (Phi) is 4.82. The van der Waals surface area contributed by atoms with E-state index < -0.39 is 11.9 Å². The summed E-state index contributed by atoms with van der Waals surface area (Å²) in [7, 11) is 0. The van der Waals surface area contributed by atoms with Gasteiger partial charge in [0.05, 0.1) is 23.4 Å². The summed E-state index contributed by atoms with van der Waals surface area (Å²) >= 11 is 3.04. The number of rotatable bonds is 3. The monoisotopic (exact) mass is 346 g/mol. The first-order chi connectivity index (χ1) is 9.49. The molecule has 1 atom stereocenters. The molecular formula is C13H16BrFN2O3. The van der Waals surface area contributed by atoms with Crippen molar-refractivity contribution in [2.45, 2.75) is 13.0 Å². The molecule has 1 aromatic rings. The van der Waals surface area contributed by atoms with Gasteiger partial charge in [0, 0.05) is 19.2 Å². The zero-order valence-corrected chi connectivity index (χ0v) is 12.7. The Morgan fingerprint density at radius 2 is 2.15 bits per heavy atom. The lowest BCUT2D eigenvalue weighted by atomic mass is 10.2. The van der Waals surface area contributed by atoms with E-state index in [4.69, 9.17) is 15.2 Å². The molecule has 1 unspecified atom stereocenters. The van der Waals surface area contributed by atoms with Gasteiger partial charge < -0.3 is 20.1 Å². The molecule has 5 nitrogen and oxygen atoms in total. The van der Waals surface area contributed by atoms with Crippen LogP contribution >= 0.6 is 15.9 Å². The maximum Gasteiger partial charge on any atom is 0.263 e. The molecule has 1 aliphatic rings. The third-order valence-corrected chi connectivity index (χ3v) is 3.63. The van der Waals surface area contributed by atoms with Crippen molar-refractivity contribution in [1.82, 2.24) is 4.90 Å². The van der Waals surface area contributed by atoms with E-state index >= 15 is 0 Å². The Balaban J connectivity index is 2.05. The average molecular weight is 347 g/mol. The van der Waals surface area contributed by atoms with Crippen molar-refractivity contribution in [3.8, 4) is 5.75 Å². The number of carbonyl (C=O) groups is 1. The predicted molar refractivity (Wildman–Crippen MR) is 76.0 cm³/mol. The molecule has 2 rings (SSSR count). The SMILES string of the molecule is CC(Oc1cc(F)c(Br)cc1N)C(=O)N1CCOCC1. The summed E-state index contributed by atoms with van der Waals surface area (Å²) < 4.78 is 24.4. The maximum atomic E-state index is 13.5. The molecule has 0 saturated carbocycles. The summed E-state index contributed by atoms with van der Waals surface area (Å²) in [6.45, 7) is 3.74. The zero-order valence-electron chi connectivity index (χ0n) is 11.1. The molecule has 0 spiro atoms. The van der Waals surface area contributed by atoms with Crippen LogP contribution in [0.5, 0.6) is 5.75 Å². The molecular weight excluding hydrogens is 331 g/mol. The minimum absolute atomic E-state index is 0.156. The highest BCUT2D eigenvalue weighted by Crippen LogP contribution is 2.29. The molecule has 0 aliphatic carbocycles. The summed E-state index contributed by atoms with van der Waals surface area (Å²) in [5, 5.41) is 0. The molecule has 1 heterocycles. The first kappa shape index (κ1) is 15.1. The van der Waals surface area contributed by atoms with Crippen molar-refractivity contribution in [3.05, 3.63) is 22.4 Å². The molecule has 1 aromatic carbocycles. The Morgan fingerprint density at radius 1 is 1.50 bits per heavy atom. The second kappa shape index (κ2) is 6.41. The molecule has 1 aliphatic heterocycles. The Hall–Kier alpha value is -1.34.